The number of hydrogen-bond donors (Lipinski definition) is 1. The molecular formula is C21H25NO5. The standard InChI is InChI=1S/C21H25NO5/c1-16-5-11-19(12-6-16)26-13-3-4-20(23)22-18-9-7-17(8-10-18)21(24)27-15-14-25-2/h5-12H,3-4,13-15H2,1-2H3,(H,22,23). The van der Waals surface area contributed by atoms with E-state index in [2.05, 4.69) is 5.32 Å². The fourth-order valence-electron chi connectivity index (χ4n) is 2.27. The predicted octanol–water partition coefficient (Wildman–Crippen LogP) is 3.60. The van der Waals surface area contributed by atoms with Crippen molar-refractivity contribution < 1.29 is 23.8 Å². The predicted molar refractivity (Wildman–Crippen MR) is 103 cm³/mol. The van der Waals surface area contributed by atoms with E-state index in [1.807, 2.05) is 31.2 Å². The second kappa shape index (κ2) is 11.0. The fourth-order valence-corrected chi connectivity index (χ4v) is 2.27. The normalized spacial score (nSPS) is 10.3. The highest BCUT2D eigenvalue weighted by atomic mass is 16.6. The van der Waals surface area contributed by atoms with Crippen LogP contribution in [0.4, 0.5) is 5.69 Å². The van der Waals surface area contributed by atoms with Gasteiger partial charge in [0.05, 0.1) is 18.8 Å². The quantitative estimate of drug-likeness (QED) is 0.510. The summed E-state index contributed by atoms with van der Waals surface area (Å²) in [5.74, 6) is 0.282. The molecule has 2 aromatic carbocycles. The zero-order chi connectivity index (χ0) is 19.5. The Morgan fingerprint density at radius 3 is 2.30 bits per heavy atom. The van der Waals surface area contributed by atoms with Gasteiger partial charge in [0.1, 0.15) is 12.4 Å². The molecule has 0 fully saturated rings. The Bertz CT molecular complexity index is 725. The van der Waals surface area contributed by atoms with E-state index in [0.717, 1.165) is 5.75 Å². The Hall–Kier alpha value is -2.86. The molecule has 0 heterocycles. The third-order valence-corrected chi connectivity index (χ3v) is 3.76. The van der Waals surface area contributed by atoms with Crippen LogP contribution in [0.5, 0.6) is 5.75 Å². The zero-order valence-electron chi connectivity index (χ0n) is 15.7. The molecule has 27 heavy (non-hydrogen) atoms. The number of ether oxygens (including phenoxy) is 3. The van der Waals surface area contributed by atoms with Crippen LogP contribution in [-0.2, 0) is 14.3 Å². The number of carbonyl (C=O) groups excluding carboxylic acids is 2. The molecule has 0 aliphatic rings. The molecule has 0 atom stereocenters. The Morgan fingerprint density at radius 2 is 1.63 bits per heavy atom. The summed E-state index contributed by atoms with van der Waals surface area (Å²) in [5, 5.41) is 2.80. The highest BCUT2D eigenvalue weighted by Gasteiger charge is 2.08. The number of nitrogens with one attached hydrogen (secondary N) is 1. The molecule has 0 spiro atoms. The molecule has 0 saturated carbocycles. The van der Waals surface area contributed by atoms with Crippen molar-refractivity contribution in [2.75, 3.05) is 32.2 Å². The van der Waals surface area contributed by atoms with Gasteiger partial charge in [-0.1, -0.05) is 17.7 Å². The van der Waals surface area contributed by atoms with Crippen molar-refractivity contribution in [3.63, 3.8) is 0 Å². The van der Waals surface area contributed by atoms with E-state index >= 15 is 0 Å². The van der Waals surface area contributed by atoms with Gasteiger partial charge in [0.15, 0.2) is 0 Å². The summed E-state index contributed by atoms with van der Waals surface area (Å²) >= 11 is 0. The number of esters is 1. The van der Waals surface area contributed by atoms with Crippen LogP contribution in [0.1, 0.15) is 28.8 Å². The maximum atomic E-state index is 12.0. The molecule has 0 unspecified atom stereocenters. The maximum Gasteiger partial charge on any atom is 0.338 e. The third kappa shape index (κ3) is 7.50. The average molecular weight is 371 g/mol. The van der Waals surface area contributed by atoms with Crippen molar-refractivity contribution in [3.8, 4) is 5.75 Å². The Kier molecular flexibility index (Phi) is 8.32. The average Bonchev–Trinajstić information content (AvgIpc) is 2.67. The lowest BCUT2D eigenvalue weighted by atomic mass is 10.2. The first-order chi connectivity index (χ1) is 13.1. The molecule has 2 aromatic rings. The summed E-state index contributed by atoms with van der Waals surface area (Å²) in [6.07, 6.45) is 0.969. The van der Waals surface area contributed by atoms with Crippen LogP contribution in [-0.4, -0.2) is 38.8 Å². The summed E-state index contributed by atoms with van der Waals surface area (Å²) in [4.78, 5) is 23.8. The molecule has 6 heteroatoms. The van der Waals surface area contributed by atoms with E-state index in [1.165, 1.54) is 5.56 Å². The van der Waals surface area contributed by atoms with Crippen molar-refractivity contribution >= 4 is 17.6 Å². The zero-order valence-corrected chi connectivity index (χ0v) is 15.7. The number of rotatable bonds is 10. The second-order valence-electron chi connectivity index (χ2n) is 6.02. The molecule has 0 radical (unpaired) electrons. The molecule has 2 rings (SSSR count). The third-order valence-electron chi connectivity index (χ3n) is 3.76. The number of anilines is 1. The first-order valence-corrected chi connectivity index (χ1v) is 8.84. The van der Waals surface area contributed by atoms with Gasteiger partial charge in [0.25, 0.3) is 0 Å². The van der Waals surface area contributed by atoms with E-state index in [1.54, 1.807) is 31.4 Å². The van der Waals surface area contributed by atoms with Crippen LogP contribution in [0, 0.1) is 6.92 Å². The van der Waals surface area contributed by atoms with Crippen molar-refractivity contribution in [2.24, 2.45) is 0 Å². The first-order valence-electron chi connectivity index (χ1n) is 8.84. The molecule has 0 aromatic heterocycles. The van der Waals surface area contributed by atoms with Gasteiger partial charge >= 0.3 is 5.97 Å². The van der Waals surface area contributed by atoms with Crippen LogP contribution in [0.15, 0.2) is 48.5 Å². The smallest absolute Gasteiger partial charge is 0.338 e. The van der Waals surface area contributed by atoms with Crippen LogP contribution in [0.25, 0.3) is 0 Å². The van der Waals surface area contributed by atoms with E-state index in [0.29, 0.717) is 37.3 Å². The minimum absolute atomic E-state index is 0.0991. The monoisotopic (exact) mass is 371 g/mol. The summed E-state index contributed by atoms with van der Waals surface area (Å²) < 4.78 is 15.5. The first kappa shape index (κ1) is 20.5. The topological polar surface area (TPSA) is 73.9 Å². The van der Waals surface area contributed by atoms with Crippen LogP contribution in [0.3, 0.4) is 0 Å². The van der Waals surface area contributed by atoms with Crippen molar-refractivity contribution in [2.45, 2.75) is 19.8 Å². The fraction of sp³-hybridized carbons (Fsp3) is 0.333. The summed E-state index contributed by atoms with van der Waals surface area (Å²) in [5.41, 5.74) is 2.24. The molecular weight excluding hydrogens is 346 g/mol. The molecule has 6 nitrogen and oxygen atoms in total. The van der Waals surface area contributed by atoms with Gasteiger partial charge in [0.2, 0.25) is 5.91 Å². The van der Waals surface area contributed by atoms with Crippen molar-refractivity contribution in [3.05, 3.63) is 59.7 Å². The van der Waals surface area contributed by atoms with Crippen molar-refractivity contribution in [1.29, 1.82) is 0 Å². The molecule has 0 aliphatic heterocycles. The minimum Gasteiger partial charge on any atom is -0.494 e. The molecule has 0 aliphatic carbocycles. The summed E-state index contributed by atoms with van der Waals surface area (Å²) in [6, 6.07) is 14.4. The Morgan fingerprint density at radius 1 is 0.926 bits per heavy atom. The highest BCUT2D eigenvalue weighted by molar-refractivity contribution is 5.93. The largest absolute Gasteiger partial charge is 0.494 e. The number of benzene rings is 2. The maximum absolute atomic E-state index is 12.0. The van der Waals surface area contributed by atoms with E-state index in [4.69, 9.17) is 14.2 Å². The Balaban J connectivity index is 1.69. The molecule has 0 saturated heterocycles. The lowest BCUT2D eigenvalue weighted by molar-refractivity contribution is -0.116. The van der Waals surface area contributed by atoms with Gasteiger partial charge in [-0.2, -0.15) is 0 Å². The van der Waals surface area contributed by atoms with Crippen molar-refractivity contribution in [1.82, 2.24) is 0 Å². The molecule has 0 bridgehead atoms. The lowest BCUT2D eigenvalue weighted by Crippen LogP contribution is -2.13. The van der Waals surface area contributed by atoms with Gasteiger partial charge in [-0.3, -0.25) is 4.79 Å². The van der Waals surface area contributed by atoms with E-state index in [-0.39, 0.29) is 12.5 Å². The van der Waals surface area contributed by atoms with Gasteiger partial charge in [-0.15, -0.1) is 0 Å². The SMILES string of the molecule is COCCOC(=O)c1ccc(NC(=O)CCCOc2ccc(C)cc2)cc1. The van der Waals surface area contributed by atoms with Gasteiger partial charge in [-0.05, 0) is 49.7 Å². The van der Waals surface area contributed by atoms with E-state index in [9.17, 15) is 9.59 Å². The number of hydrogen-bond acceptors (Lipinski definition) is 5. The van der Waals surface area contributed by atoms with Gasteiger partial charge < -0.3 is 19.5 Å². The minimum atomic E-state index is -0.418. The highest BCUT2D eigenvalue weighted by Crippen LogP contribution is 2.13. The van der Waals surface area contributed by atoms with Crippen LogP contribution < -0.4 is 10.1 Å². The van der Waals surface area contributed by atoms with Gasteiger partial charge in [0, 0.05) is 19.2 Å². The summed E-state index contributed by atoms with van der Waals surface area (Å²) in [6.45, 7) is 3.06. The van der Waals surface area contributed by atoms with E-state index < -0.39 is 5.97 Å². The number of aryl methyl sites for hydroxylation is 1. The number of amides is 1. The number of methoxy groups -OCH3 is 1. The van der Waals surface area contributed by atoms with Crippen LogP contribution in [0.2, 0.25) is 0 Å². The Labute approximate surface area is 159 Å². The second-order valence-corrected chi connectivity index (χ2v) is 6.02. The molecule has 1 N–H and O–H groups in total. The van der Waals surface area contributed by atoms with Gasteiger partial charge in [-0.25, -0.2) is 4.79 Å². The molecule has 1 amide bonds. The summed E-state index contributed by atoms with van der Waals surface area (Å²) in [7, 11) is 1.54. The lowest BCUT2D eigenvalue weighted by Gasteiger charge is -2.08. The van der Waals surface area contributed by atoms with Crippen LogP contribution >= 0.6 is 0 Å². The molecule has 144 valence electrons. The number of carbonyl (C=O) groups is 2.